The second-order valence-electron chi connectivity index (χ2n) is 6.68. The van der Waals surface area contributed by atoms with Gasteiger partial charge >= 0.3 is 0 Å². The Balaban J connectivity index is 1.79. The lowest BCUT2D eigenvalue weighted by Gasteiger charge is -2.34. The van der Waals surface area contributed by atoms with Crippen molar-refractivity contribution in [2.45, 2.75) is 26.8 Å². The average molecular weight is 352 g/mol. The van der Waals surface area contributed by atoms with Crippen molar-refractivity contribution in [3.63, 3.8) is 0 Å². The fraction of sp³-hybridized carbons (Fsp3) is 0.556. The summed E-state index contributed by atoms with van der Waals surface area (Å²) < 4.78 is 0. The Morgan fingerprint density at radius 3 is 2.21 bits per heavy atom. The van der Waals surface area contributed by atoms with Crippen LogP contribution in [0.3, 0.4) is 0 Å². The van der Waals surface area contributed by atoms with Crippen LogP contribution in [0.5, 0.6) is 0 Å². The molecular weight excluding hydrogens is 326 g/mol. The molecule has 1 atom stereocenters. The van der Waals surface area contributed by atoms with Gasteiger partial charge < -0.3 is 10.2 Å². The van der Waals surface area contributed by atoms with Gasteiger partial charge in [-0.2, -0.15) is 0 Å². The number of nitrogens with one attached hydrogen (secondary N) is 1. The second kappa shape index (κ2) is 8.49. The Kier molecular flexibility index (Phi) is 6.63. The Bertz CT molecular complexity index is 566. The molecule has 1 N–H and O–H groups in total. The van der Waals surface area contributed by atoms with Gasteiger partial charge in [0.15, 0.2) is 0 Å². The van der Waals surface area contributed by atoms with Crippen LogP contribution in [-0.2, 0) is 4.79 Å². The van der Waals surface area contributed by atoms with Crippen LogP contribution in [0.15, 0.2) is 24.3 Å². The summed E-state index contributed by atoms with van der Waals surface area (Å²) in [6, 6.07) is 7.12. The summed E-state index contributed by atoms with van der Waals surface area (Å²) in [5.41, 5.74) is 0.649. The summed E-state index contributed by atoms with van der Waals surface area (Å²) in [5, 5.41) is 3.64. The van der Waals surface area contributed by atoms with Crippen LogP contribution in [-0.4, -0.2) is 60.4 Å². The van der Waals surface area contributed by atoms with Gasteiger partial charge in [0.2, 0.25) is 5.91 Å². The first-order valence-electron chi connectivity index (χ1n) is 8.43. The first-order valence-corrected chi connectivity index (χ1v) is 8.81. The van der Waals surface area contributed by atoms with Crippen molar-refractivity contribution < 1.29 is 9.59 Å². The fourth-order valence-corrected chi connectivity index (χ4v) is 2.68. The molecule has 5 nitrogen and oxygen atoms in total. The van der Waals surface area contributed by atoms with Crippen LogP contribution < -0.4 is 5.32 Å². The van der Waals surface area contributed by atoms with Crippen LogP contribution in [0.1, 0.15) is 31.1 Å². The van der Waals surface area contributed by atoms with E-state index < -0.39 is 0 Å². The molecule has 0 radical (unpaired) electrons. The van der Waals surface area contributed by atoms with Crippen molar-refractivity contribution in [1.29, 1.82) is 0 Å². The zero-order valence-corrected chi connectivity index (χ0v) is 15.3. The zero-order valence-electron chi connectivity index (χ0n) is 14.6. The standard InChI is InChI=1S/C18H26ClN3O2/c1-13(2)14(3)20-17(23)12-21-8-10-22(11-9-21)18(24)15-4-6-16(19)7-5-15/h4-7,13-14H,8-12H2,1-3H3,(H,20,23). The highest BCUT2D eigenvalue weighted by Crippen LogP contribution is 2.13. The minimum atomic E-state index is 0.0178. The van der Waals surface area contributed by atoms with Gasteiger partial charge in [0.25, 0.3) is 5.91 Å². The SMILES string of the molecule is CC(C)C(C)NC(=O)CN1CCN(C(=O)c2ccc(Cl)cc2)CC1. The largest absolute Gasteiger partial charge is 0.352 e. The molecule has 1 fully saturated rings. The number of amides is 2. The zero-order chi connectivity index (χ0) is 17.7. The van der Waals surface area contributed by atoms with Crippen LogP contribution in [0.4, 0.5) is 0 Å². The number of nitrogens with zero attached hydrogens (tertiary/aromatic N) is 2. The smallest absolute Gasteiger partial charge is 0.253 e. The van der Waals surface area contributed by atoms with Gasteiger partial charge in [-0.05, 0) is 37.1 Å². The molecular formula is C18H26ClN3O2. The molecule has 1 aromatic rings. The normalized spacial score (nSPS) is 17.0. The predicted octanol–water partition coefficient (Wildman–Crippen LogP) is 2.26. The van der Waals surface area contributed by atoms with Crippen molar-refractivity contribution in [2.24, 2.45) is 5.92 Å². The molecule has 1 aliphatic rings. The minimum Gasteiger partial charge on any atom is -0.352 e. The average Bonchev–Trinajstić information content (AvgIpc) is 2.55. The number of halogens is 1. The van der Waals surface area contributed by atoms with Gasteiger partial charge in [0.1, 0.15) is 0 Å². The van der Waals surface area contributed by atoms with E-state index >= 15 is 0 Å². The van der Waals surface area contributed by atoms with E-state index in [0.29, 0.717) is 49.2 Å². The monoisotopic (exact) mass is 351 g/mol. The summed E-state index contributed by atoms with van der Waals surface area (Å²) in [5.74, 6) is 0.487. The van der Waals surface area contributed by atoms with E-state index in [-0.39, 0.29) is 17.9 Å². The highest BCUT2D eigenvalue weighted by molar-refractivity contribution is 6.30. The molecule has 1 unspecified atom stereocenters. The number of hydrogen-bond donors (Lipinski definition) is 1. The number of carbonyl (C=O) groups is 2. The third kappa shape index (κ3) is 5.21. The van der Waals surface area contributed by atoms with E-state index in [2.05, 4.69) is 24.1 Å². The van der Waals surface area contributed by atoms with Gasteiger partial charge in [-0.25, -0.2) is 0 Å². The lowest BCUT2D eigenvalue weighted by molar-refractivity contribution is -0.123. The van der Waals surface area contributed by atoms with Gasteiger partial charge in [-0.3, -0.25) is 14.5 Å². The summed E-state index contributed by atoms with van der Waals surface area (Å²) in [4.78, 5) is 28.4. The molecule has 2 amide bonds. The van der Waals surface area contributed by atoms with Gasteiger partial charge in [-0.1, -0.05) is 25.4 Å². The van der Waals surface area contributed by atoms with E-state index in [9.17, 15) is 9.59 Å². The van der Waals surface area contributed by atoms with E-state index in [1.54, 1.807) is 24.3 Å². The van der Waals surface area contributed by atoms with E-state index in [0.717, 1.165) is 0 Å². The number of piperazine rings is 1. The molecule has 0 aromatic heterocycles. The molecule has 0 aliphatic carbocycles. The van der Waals surface area contributed by atoms with Gasteiger partial charge in [0.05, 0.1) is 6.54 Å². The van der Waals surface area contributed by atoms with Crippen molar-refractivity contribution in [3.8, 4) is 0 Å². The quantitative estimate of drug-likeness (QED) is 0.885. The van der Waals surface area contributed by atoms with Crippen molar-refractivity contribution in [1.82, 2.24) is 15.1 Å². The van der Waals surface area contributed by atoms with Gasteiger partial charge in [0, 0.05) is 42.8 Å². The van der Waals surface area contributed by atoms with Gasteiger partial charge in [-0.15, -0.1) is 0 Å². The molecule has 0 bridgehead atoms. The van der Waals surface area contributed by atoms with Crippen molar-refractivity contribution in [2.75, 3.05) is 32.7 Å². The third-order valence-electron chi connectivity index (χ3n) is 4.51. The first kappa shape index (κ1) is 18.7. The summed E-state index contributed by atoms with van der Waals surface area (Å²) in [6.07, 6.45) is 0. The van der Waals surface area contributed by atoms with Crippen LogP contribution in [0.2, 0.25) is 5.02 Å². The highest BCUT2D eigenvalue weighted by atomic mass is 35.5. The van der Waals surface area contributed by atoms with E-state index in [4.69, 9.17) is 11.6 Å². The number of benzene rings is 1. The molecule has 1 heterocycles. The molecule has 0 saturated carbocycles. The van der Waals surface area contributed by atoms with Crippen LogP contribution in [0, 0.1) is 5.92 Å². The number of carbonyl (C=O) groups excluding carboxylic acids is 2. The summed E-state index contributed by atoms with van der Waals surface area (Å²) in [6.45, 7) is 9.28. The highest BCUT2D eigenvalue weighted by Gasteiger charge is 2.23. The minimum absolute atomic E-state index is 0.0178. The topological polar surface area (TPSA) is 52.7 Å². The van der Waals surface area contributed by atoms with E-state index in [1.807, 2.05) is 11.8 Å². The lowest BCUT2D eigenvalue weighted by atomic mass is 10.1. The van der Waals surface area contributed by atoms with Crippen LogP contribution in [0.25, 0.3) is 0 Å². The summed E-state index contributed by atoms with van der Waals surface area (Å²) >= 11 is 5.86. The molecule has 132 valence electrons. The Labute approximate surface area is 149 Å². The van der Waals surface area contributed by atoms with Crippen LogP contribution >= 0.6 is 11.6 Å². The third-order valence-corrected chi connectivity index (χ3v) is 4.76. The Morgan fingerprint density at radius 2 is 1.67 bits per heavy atom. The lowest BCUT2D eigenvalue weighted by Crippen LogP contribution is -2.52. The van der Waals surface area contributed by atoms with Crippen molar-refractivity contribution in [3.05, 3.63) is 34.9 Å². The molecule has 1 saturated heterocycles. The maximum atomic E-state index is 12.4. The first-order chi connectivity index (χ1) is 11.4. The predicted molar refractivity (Wildman–Crippen MR) is 96.2 cm³/mol. The van der Waals surface area contributed by atoms with E-state index in [1.165, 1.54) is 0 Å². The Hall–Kier alpha value is -1.59. The molecule has 2 rings (SSSR count). The second-order valence-corrected chi connectivity index (χ2v) is 7.11. The fourth-order valence-electron chi connectivity index (χ4n) is 2.55. The maximum Gasteiger partial charge on any atom is 0.253 e. The maximum absolute atomic E-state index is 12.4. The number of hydrogen-bond acceptors (Lipinski definition) is 3. The van der Waals surface area contributed by atoms with Crippen molar-refractivity contribution >= 4 is 23.4 Å². The molecule has 6 heteroatoms. The number of rotatable bonds is 5. The molecule has 1 aromatic carbocycles. The molecule has 1 aliphatic heterocycles. The summed E-state index contributed by atoms with van der Waals surface area (Å²) in [7, 11) is 0. The molecule has 24 heavy (non-hydrogen) atoms. The molecule has 0 spiro atoms. The Morgan fingerprint density at radius 1 is 1.08 bits per heavy atom.